The summed E-state index contributed by atoms with van der Waals surface area (Å²) in [6.45, 7) is 2.83. The molecule has 0 rings (SSSR count). The Labute approximate surface area is 74.5 Å². The smallest absolute Gasteiger partial charge is 0.166 e. The fraction of sp³-hybridized carbons (Fsp3) is 0.500. The maximum Gasteiger partial charge on any atom is 0.412 e. The lowest BCUT2D eigenvalue weighted by Gasteiger charge is -2.04. The van der Waals surface area contributed by atoms with Crippen LogP contribution in [0.5, 0.6) is 0 Å². The van der Waals surface area contributed by atoms with Gasteiger partial charge >= 0.3 is 6.18 Å². The van der Waals surface area contributed by atoms with Crippen molar-refractivity contribution in [3.63, 3.8) is 0 Å². The maximum absolute atomic E-state index is 11.9. The van der Waals surface area contributed by atoms with Crippen molar-refractivity contribution >= 4 is 11.8 Å². The Hall–Kier alpha value is -0.380. The van der Waals surface area contributed by atoms with E-state index in [2.05, 4.69) is 0 Å². The van der Waals surface area contributed by atoms with Gasteiger partial charge in [-0.1, -0.05) is 12.2 Å². The first-order chi connectivity index (χ1) is 5.38. The van der Waals surface area contributed by atoms with Crippen LogP contribution < -0.4 is 0 Å². The lowest BCUT2D eigenvalue weighted by atomic mass is 10.2. The molecule has 0 spiro atoms. The van der Waals surface area contributed by atoms with E-state index in [1.165, 1.54) is 17.8 Å². The Bertz CT molecular complexity index is 201. The van der Waals surface area contributed by atoms with E-state index in [9.17, 15) is 13.2 Å². The number of halogens is 3. The molecule has 0 unspecified atom stereocenters. The highest BCUT2D eigenvalue weighted by atomic mass is 32.2. The standard InChI is InChI=1S/C8H11F3S/c1-6(8(9,10)11)4-5-7(2)12-3/h4-5H,1-3H3/b6-4+,7-5+. The van der Waals surface area contributed by atoms with E-state index >= 15 is 0 Å². The van der Waals surface area contributed by atoms with Crippen molar-refractivity contribution in [1.29, 1.82) is 0 Å². The molecule has 0 saturated heterocycles. The van der Waals surface area contributed by atoms with E-state index in [4.69, 9.17) is 0 Å². The zero-order valence-corrected chi connectivity index (χ0v) is 8.01. The van der Waals surface area contributed by atoms with Gasteiger partial charge in [-0.3, -0.25) is 0 Å². The van der Waals surface area contributed by atoms with Gasteiger partial charge in [0.05, 0.1) is 0 Å². The fourth-order valence-electron chi connectivity index (χ4n) is 0.405. The average Bonchev–Trinajstić information content (AvgIpc) is 1.97. The van der Waals surface area contributed by atoms with Gasteiger partial charge < -0.3 is 0 Å². The van der Waals surface area contributed by atoms with Crippen molar-refractivity contribution in [2.45, 2.75) is 20.0 Å². The first kappa shape index (κ1) is 11.6. The number of allylic oxidation sites excluding steroid dienone is 4. The molecule has 4 heteroatoms. The summed E-state index contributed by atoms with van der Waals surface area (Å²) in [4.78, 5) is 0.860. The summed E-state index contributed by atoms with van der Waals surface area (Å²) in [6, 6.07) is 0. The molecule has 0 aromatic rings. The van der Waals surface area contributed by atoms with E-state index in [0.29, 0.717) is 0 Å². The van der Waals surface area contributed by atoms with Crippen molar-refractivity contribution in [3.05, 3.63) is 22.6 Å². The molecule has 0 N–H and O–H groups in total. The molecule has 0 heterocycles. The number of hydrogen-bond donors (Lipinski definition) is 0. The molecule has 0 bridgehead atoms. The van der Waals surface area contributed by atoms with Crippen LogP contribution in [0.15, 0.2) is 22.6 Å². The molecule has 0 atom stereocenters. The van der Waals surface area contributed by atoms with E-state index in [0.717, 1.165) is 17.9 Å². The third-order valence-electron chi connectivity index (χ3n) is 1.34. The van der Waals surface area contributed by atoms with Gasteiger partial charge in [0.15, 0.2) is 0 Å². The molecule has 12 heavy (non-hydrogen) atoms. The minimum Gasteiger partial charge on any atom is -0.166 e. The van der Waals surface area contributed by atoms with E-state index in [1.54, 1.807) is 6.92 Å². The Balaban J connectivity index is 4.39. The van der Waals surface area contributed by atoms with Crippen molar-refractivity contribution in [3.8, 4) is 0 Å². The average molecular weight is 196 g/mol. The highest BCUT2D eigenvalue weighted by Gasteiger charge is 2.29. The molecule has 0 fully saturated rings. The molecule has 0 aliphatic carbocycles. The number of thioether (sulfide) groups is 1. The molecule has 70 valence electrons. The molecule has 0 nitrogen and oxygen atoms in total. The molecular formula is C8H11F3S. The molecule has 0 saturated carbocycles. The summed E-state index contributed by atoms with van der Waals surface area (Å²) in [5, 5.41) is 0. The van der Waals surface area contributed by atoms with Gasteiger partial charge in [-0.15, -0.1) is 11.8 Å². The first-order valence-corrected chi connectivity index (χ1v) is 4.56. The Morgan fingerprint density at radius 3 is 2.00 bits per heavy atom. The quantitative estimate of drug-likeness (QED) is 0.606. The van der Waals surface area contributed by atoms with Gasteiger partial charge in [-0.05, 0) is 25.0 Å². The van der Waals surface area contributed by atoms with Crippen molar-refractivity contribution in [1.82, 2.24) is 0 Å². The monoisotopic (exact) mass is 196 g/mol. The van der Waals surface area contributed by atoms with Crippen LogP contribution in [0.1, 0.15) is 13.8 Å². The highest BCUT2D eigenvalue weighted by molar-refractivity contribution is 8.02. The van der Waals surface area contributed by atoms with Crippen LogP contribution in [0.4, 0.5) is 13.2 Å². The normalized spacial score (nSPS) is 15.2. The predicted molar refractivity (Wildman–Crippen MR) is 47.1 cm³/mol. The number of rotatable bonds is 2. The largest absolute Gasteiger partial charge is 0.412 e. The second-order valence-corrected chi connectivity index (χ2v) is 3.38. The van der Waals surface area contributed by atoms with Gasteiger partial charge in [0, 0.05) is 5.57 Å². The number of hydrogen-bond acceptors (Lipinski definition) is 1. The fourth-order valence-corrected chi connectivity index (χ4v) is 0.609. The molecule has 0 aromatic heterocycles. The predicted octanol–water partition coefficient (Wildman–Crippen LogP) is 3.76. The van der Waals surface area contributed by atoms with Crippen LogP contribution in [0.3, 0.4) is 0 Å². The maximum atomic E-state index is 11.9. The summed E-state index contributed by atoms with van der Waals surface area (Å²) in [6.07, 6.45) is 0.178. The van der Waals surface area contributed by atoms with E-state index in [1.807, 2.05) is 6.26 Å². The Kier molecular flexibility index (Phi) is 4.45. The van der Waals surface area contributed by atoms with Crippen LogP contribution in [-0.4, -0.2) is 12.4 Å². The van der Waals surface area contributed by atoms with Crippen molar-refractivity contribution < 1.29 is 13.2 Å². The minimum atomic E-state index is -4.20. The topological polar surface area (TPSA) is 0 Å². The molecule has 0 aromatic carbocycles. The summed E-state index contributed by atoms with van der Waals surface area (Å²) >= 11 is 1.43. The van der Waals surface area contributed by atoms with Crippen molar-refractivity contribution in [2.75, 3.05) is 6.26 Å². The lowest BCUT2D eigenvalue weighted by Crippen LogP contribution is -2.08. The molecule has 0 radical (unpaired) electrons. The third kappa shape index (κ3) is 4.49. The van der Waals surface area contributed by atoms with Crippen LogP contribution in [-0.2, 0) is 0 Å². The minimum absolute atomic E-state index is 0.573. The van der Waals surface area contributed by atoms with Gasteiger partial charge in [0.25, 0.3) is 0 Å². The van der Waals surface area contributed by atoms with Crippen LogP contribution >= 0.6 is 11.8 Å². The van der Waals surface area contributed by atoms with Gasteiger partial charge in [-0.25, -0.2) is 0 Å². The molecular weight excluding hydrogens is 185 g/mol. The second kappa shape index (κ2) is 4.60. The third-order valence-corrected chi connectivity index (χ3v) is 2.12. The van der Waals surface area contributed by atoms with Gasteiger partial charge in [0.1, 0.15) is 0 Å². The number of alkyl halides is 3. The van der Waals surface area contributed by atoms with E-state index < -0.39 is 11.7 Å². The molecule has 0 aliphatic heterocycles. The van der Waals surface area contributed by atoms with Gasteiger partial charge in [0.2, 0.25) is 0 Å². The summed E-state index contributed by atoms with van der Waals surface area (Å²) in [5.41, 5.74) is -0.573. The van der Waals surface area contributed by atoms with Crippen LogP contribution in [0.25, 0.3) is 0 Å². The summed E-state index contributed by atoms with van der Waals surface area (Å²) in [7, 11) is 0. The second-order valence-electron chi connectivity index (χ2n) is 2.33. The zero-order valence-electron chi connectivity index (χ0n) is 7.20. The SMILES string of the molecule is CS/C(C)=C/C=C(\C)C(F)(F)F. The Morgan fingerprint density at radius 1 is 1.17 bits per heavy atom. The summed E-state index contributed by atoms with van der Waals surface area (Å²) < 4.78 is 35.7. The summed E-state index contributed by atoms with van der Waals surface area (Å²) in [5.74, 6) is 0. The molecule has 0 amide bonds. The molecule has 0 aliphatic rings. The van der Waals surface area contributed by atoms with Crippen LogP contribution in [0.2, 0.25) is 0 Å². The Morgan fingerprint density at radius 2 is 1.67 bits per heavy atom. The van der Waals surface area contributed by atoms with Crippen LogP contribution in [0, 0.1) is 0 Å². The van der Waals surface area contributed by atoms with Gasteiger partial charge in [-0.2, -0.15) is 13.2 Å². The zero-order chi connectivity index (χ0) is 9.78. The van der Waals surface area contributed by atoms with Crippen molar-refractivity contribution in [2.24, 2.45) is 0 Å². The highest BCUT2D eigenvalue weighted by Crippen LogP contribution is 2.25. The van der Waals surface area contributed by atoms with E-state index in [-0.39, 0.29) is 0 Å². The lowest BCUT2D eigenvalue weighted by molar-refractivity contribution is -0.0912. The first-order valence-electron chi connectivity index (χ1n) is 3.34.